The maximum absolute atomic E-state index is 13.9. The third-order valence-electron chi connectivity index (χ3n) is 18.6. The Balaban J connectivity index is 0.000000208. The van der Waals surface area contributed by atoms with Crippen molar-refractivity contribution < 1.29 is 33.6 Å². The first kappa shape index (κ1) is 44.2. The van der Waals surface area contributed by atoms with Crippen LogP contribution in [0.4, 0.5) is 0 Å². The van der Waals surface area contributed by atoms with E-state index in [-0.39, 0.29) is 69.9 Å². The Morgan fingerprint density at radius 2 is 1.11 bits per heavy atom. The summed E-state index contributed by atoms with van der Waals surface area (Å²) in [5, 5.41) is 11.5. The number of hydrogen-bond acceptors (Lipinski definition) is 7. The molecule has 6 fully saturated rings. The Morgan fingerprint density at radius 3 is 1.57 bits per heavy atom. The molecule has 0 aromatic heterocycles. The van der Waals surface area contributed by atoms with E-state index in [1.54, 1.807) is 7.11 Å². The van der Waals surface area contributed by atoms with Gasteiger partial charge in [-0.2, -0.15) is 0 Å². The number of ketones is 2. The molecule has 6 saturated carbocycles. The SMILES string of the molecule is CCCC[C@]1(C)C[C@@H](O)[C@@]2(C)C3[C@H](OC)CCC3(CC[C@H]2C)[C@@H](C)C1=O.CCC[C@]1(C)C[C@@H](OCOC)[C@@]2(C)C3[C@H](OC)CCC3(CC[C@H]2C)[C@@H](C)C1=O. The fourth-order valence-electron chi connectivity index (χ4n) is 15.0. The summed E-state index contributed by atoms with van der Waals surface area (Å²) < 4.78 is 23.8. The lowest BCUT2D eigenvalue weighted by atomic mass is 9.43. The summed E-state index contributed by atoms with van der Waals surface area (Å²) in [4.78, 5) is 27.7. The zero-order valence-corrected chi connectivity index (χ0v) is 37.0. The van der Waals surface area contributed by atoms with E-state index >= 15 is 0 Å². The topological polar surface area (TPSA) is 91.3 Å². The minimum absolute atomic E-state index is 0.00783. The van der Waals surface area contributed by atoms with Crippen LogP contribution in [0.25, 0.3) is 0 Å². The predicted molar refractivity (Wildman–Crippen MR) is 216 cm³/mol. The number of carbonyl (C=O) groups excluding carboxylic acids is 2. The molecule has 0 saturated heterocycles. The first-order valence-electron chi connectivity index (χ1n) is 22.3. The van der Waals surface area contributed by atoms with Crippen molar-refractivity contribution in [1.29, 1.82) is 0 Å². The molecule has 0 aromatic carbocycles. The van der Waals surface area contributed by atoms with Gasteiger partial charge in [0, 0.05) is 54.8 Å². The van der Waals surface area contributed by atoms with Crippen molar-refractivity contribution in [1.82, 2.24) is 0 Å². The first-order chi connectivity index (χ1) is 25.4. The molecule has 6 aliphatic carbocycles. The molecule has 4 bridgehead atoms. The number of aliphatic hydroxyl groups is 1. The molecule has 54 heavy (non-hydrogen) atoms. The molecular weight excluding hydrogens is 677 g/mol. The van der Waals surface area contributed by atoms with Crippen LogP contribution < -0.4 is 0 Å². The van der Waals surface area contributed by atoms with Gasteiger partial charge in [0.15, 0.2) is 0 Å². The van der Waals surface area contributed by atoms with Crippen molar-refractivity contribution in [3.8, 4) is 0 Å². The van der Waals surface area contributed by atoms with Gasteiger partial charge in [0.2, 0.25) is 0 Å². The number of hydrogen-bond donors (Lipinski definition) is 1. The fourth-order valence-corrected chi connectivity index (χ4v) is 15.0. The molecule has 1 N–H and O–H groups in total. The summed E-state index contributed by atoms with van der Waals surface area (Å²) in [5.74, 6) is 2.66. The van der Waals surface area contributed by atoms with E-state index < -0.39 is 11.5 Å². The van der Waals surface area contributed by atoms with Crippen molar-refractivity contribution >= 4 is 11.6 Å². The molecule has 0 aliphatic heterocycles. The summed E-state index contributed by atoms with van der Waals surface area (Å²) in [7, 11) is 5.35. The average Bonchev–Trinajstić information content (AvgIpc) is 3.75. The van der Waals surface area contributed by atoms with Crippen LogP contribution >= 0.6 is 0 Å². The Labute approximate surface area is 330 Å². The second-order valence-electron chi connectivity index (χ2n) is 20.8. The van der Waals surface area contributed by atoms with E-state index in [9.17, 15) is 14.7 Å². The number of rotatable bonds is 10. The molecule has 4 unspecified atom stereocenters. The zero-order valence-electron chi connectivity index (χ0n) is 37.0. The highest BCUT2D eigenvalue weighted by molar-refractivity contribution is 5.88. The van der Waals surface area contributed by atoms with Crippen LogP contribution in [-0.2, 0) is 28.5 Å². The molecule has 0 spiro atoms. The molecule has 7 nitrogen and oxygen atoms in total. The van der Waals surface area contributed by atoms with Crippen LogP contribution in [0, 0.1) is 68.0 Å². The maximum Gasteiger partial charge on any atom is 0.146 e. The van der Waals surface area contributed by atoms with Gasteiger partial charge < -0.3 is 24.1 Å². The molecule has 312 valence electrons. The van der Waals surface area contributed by atoms with Gasteiger partial charge in [0.05, 0.1) is 24.4 Å². The summed E-state index contributed by atoms with van der Waals surface area (Å²) >= 11 is 0. The lowest BCUT2D eigenvalue weighted by Crippen LogP contribution is -2.62. The van der Waals surface area contributed by atoms with Crippen LogP contribution in [0.3, 0.4) is 0 Å². The molecule has 6 aliphatic rings. The predicted octanol–water partition coefficient (Wildman–Crippen LogP) is 10.2. The van der Waals surface area contributed by atoms with Crippen molar-refractivity contribution in [2.75, 3.05) is 28.1 Å². The molecule has 16 atom stereocenters. The summed E-state index contributed by atoms with van der Waals surface area (Å²) in [6, 6.07) is 0. The summed E-state index contributed by atoms with van der Waals surface area (Å²) in [5.41, 5.74) is -0.850. The van der Waals surface area contributed by atoms with E-state index in [4.69, 9.17) is 18.9 Å². The van der Waals surface area contributed by atoms with Gasteiger partial charge in [-0.25, -0.2) is 0 Å². The molecular formula is C47H82O7. The van der Waals surface area contributed by atoms with Gasteiger partial charge in [0.1, 0.15) is 18.4 Å². The lowest BCUT2D eigenvalue weighted by molar-refractivity contribution is -0.220. The van der Waals surface area contributed by atoms with E-state index in [0.717, 1.165) is 83.5 Å². The Hall–Kier alpha value is -0.860. The molecule has 0 aromatic rings. The average molecular weight is 759 g/mol. The van der Waals surface area contributed by atoms with Crippen LogP contribution in [0.5, 0.6) is 0 Å². The maximum atomic E-state index is 13.9. The van der Waals surface area contributed by atoms with Crippen LogP contribution in [0.15, 0.2) is 0 Å². The quantitative estimate of drug-likeness (QED) is 0.222. The standard InChI is InChI=1S/C24H42O4.C23H40O3/c1-8-11-22(4)14-19(28-15-26-6)23(5)16(2)9-12-24(17(3)21(22)25)13-10-18(27-7)20(23)24;1-7-8-11-21(4)14-18(24)22(5)15(2)9-12-23(16(3)20(21)25)13-10-17(26-6)19(22)23/h16-20H,8-15H2,1-7H3;15-19,24H,7-14H2,1-6H3/t16-,17+,18-,19-,20?,22-,23+,24?;15-,16+,17-,18-,19?,21-,22+,23?/m11/s1. The smallest absolute Gasteiger partial charge is 0.146 e. The lowest BCUT2D eigenvalue weighted by Gasteiger charge is -2.62. The number of methoxy groups -OCH3 is 3. The van der Waals surface area contributed by atoms with Crippen LogP contribution in [-0.4, -0.2) is 69.2 Å². The van der Waals surface area contributed by atoms with E-state index in [0.29, 0.717) is 35.7 Å². The number of aliphatic hydroxyl groups excluding tert-OH is 1. The zero-order chi connectivity index (χ0) is 40.1. The first-order valence-corrected chi connectivity index (χ1v) is 22.3. The van der Waals surface area contributed by atoms with Gasteiger partial charge in [-0.15, -0.1) is 0 Å². The second-order valence-corrected chi connectivity index (χ2v) is 20.8. The van der Waals surface area contributed by atoms with E-state index in [1.807, 2.05) is 14.2 Å². The third kappa shape index (κ3) is 6.74. The Morgan fingerprint density at radius 1 is 0.648 bits per heavy atom. The summed E-state index contributed by atoms with van der Waals surface area (Å²) in [6.45, 7) is 22.9. The van der Waals surface area contributed by atoms with Crippen LogP contribution in [0.2, 0.25) is 0 Å². The van der Waals surface area contributed by atoms with E-state index in [1.165, 1.54) is 6.42 Å². The van der Waals surface area contributed by atoms with E-state index in [2.05, 4.69) is 69.2 Å². The van der Waals surface area contributed by atoms with Gasteiger partial charge in [-0.1, -0.05) is 88.5 Å². The van der Waals surface area contributed by atoms with Crippen molar-refractivity contribution in [2.45, 2.75) is 190 Å². The number of ether oxygens (including phenoxy) is 4. The van der Waals surface area contributed by atoms with Gasteiger partial charge in [-0.05, 0) is 112 Å². The highest BCUT2D eigenvalue weighted by Gasteiger charge is 2.69. The van der Waals surface area contributed by atoms with Crippen molar-refractivity contribution in [3.05, 3.63) is 0 Å². The summed E-state index contributed by atoms with van der Waals surface area (Å²) in [6.07, 6.45) is 15.2. The van der Waals surface area contributed by atoms with Gasteiger partial charge >= 0.3 is 0 Å². The van der Waals surface area contributed by atoms with Crippen molar-refractivity contribution in [3.63, 3.8) is 0 Å². The monoisotopic (exact) mass is 759 g/mol. The normalized spacial score (nSPS) is 50.2. The van der Waals surface area contributed by atoms with Crippen molar-refractivity contribution in [2.24, 2.45) is 68.0 Å². The Kier molecular flexibility index (Phi) is 13.5. The molecule has 0 amide bonds. The highest BCUT2D eigenvalue weighted by atomic mass is 16.7. The van der Waals surface area contributed by atoms with Gasteiger partial charge in [-0.3, -0.25) is 9.59 Å². The highest BCUT2D eigenvalue weighted by Crippen LogP contribution is 2.70. The minimum Gasteiger partial charge on any atom is -0.393 e. The molecule has 7 heteroatoms. The Bertz CT molecular complexity index is 1320. The minimum atomic E-state index is -0.434. The molecule has 6 rings (SSSR count). The second kappa shape index (κ2) is 16.4. The van der Waals surface area contributed by atoms with Gasteiger partial charge in [0.25, 0.3) is 0 Å². The molecule has 0 radical (unpaired) electrons. The fraction of sp³-hybridized carbons (Fsp3) is 0.957. The number of carbonyl (C=O) groups is 2. The largest absolute Gasteiger partial charge is 0.393 e. The molecule has 0 heterocycles. The number of unbranched alkanes of at least 4 members (excludes halogenated alkanes) is 1. The van der Waals surface area contributed by atoms with Crippen LogP contribution in [0.1, 0.15) is 166 Å². The number of Topliss-reactive ketones (excluding diaryl/α,β-unsaturated/α-hetero) is 2. The third-order valence-corrected chi connectivity index (χ3v) is 18.6.